The Morgan fingerprint density at radius 3 is 2.72 bits per heavy atom. The van der Waals surface area contributed by atoms with Gasteiger partial charge >= 0.3 is 6.03 Å². The molecule has 0 saturated heterocycles. The number of rotatable bonds is 6. The fourth-order valence-corrected chi connectivity index (χ4v) is 3.96. The molecule has 1 aliphatic heterocycles. The first-order valence-corrected chi connectivity index (χ1v) is 10.6. The lowest BCUT2D eigenvalue weighted by atomic mass is 10.1. The average Bonchev–Trinajstić information content (AvgIpc) is 3.17. The minimum atomic E-state index is -0.171. The molecule has 1 N–H and O–H groups in total. The zero-order chi connectivity index (χ0) is 20.1. The predicted molar refractivity (Wildman–Crippen MR) is 113 cm³/mol. The van der Waals surface area contributed by atoms with Gasteiger partial charge in [-0.2, -0.15) is 0 Å². The fraction of sp³-hybridized carbons (Fsp3) is 0.250. The summed E-state index contributed by atoms with van der Waals surface area (Å²) in [5.74, 6) is 2.01. The van der Waals surface area contributed by atoms with Crippen LogP contribution in [-0.4, -0.2) is 39.7 Å². The maximum absolute atomic E-state index is 12.8. The Labute approximate surface area is 178 Å². The summed E-state index contributed by atoms with van der Waals surface area (Å²) in [6.07, 6.45) is 0.775. The van der Waals surface area contributed by atoms with Gasteiger partial charge < -0.3 is 10.1 Å². The van der Waals surface area contributed by atoms with Crippen molar-refractivity contribution in [3.8, 4) is 5.75 Å². The first-order valence-electron chi connectivity index (χ1n) is 9.26. The summed E-state index contributed by atoms with van der Waals surface area (Å²) in [6.45, 7) is 1.32. The van der Waals surface area contributed by atoms with Crippen LogP contribution in [0.25, 0.3) is 0 Å². The van der Waals surface area contributed by atoms with Gasteiger partial charge in [0.1, 0.15) is 12.4 Å². The Bertz CT molecular complexity index is 965. The molecule has 0 unspecified atom stereocenters. The van der Waals surface area contributed by atoms with E-state index in [0.29, 0.717) is 34.8 Å². The number of amides is 2. The van der Waals surface area contributed by atoms with Gasteiger partial charge in [0.2, 0.25) is 5.16 Å². The number of nitrogens with one attached hydrogen (secondary N) is 1. The Morgan fingerprint density at radius 1 is 1.14 bits per heavy atom. The van der Waals surface area contributed by atoms with E-state index in [2.05, 4.69) is 15.5 Å². The Morgan fingerprint density at radius 2 is 1.93 bits per heavy atom. The maximum atomic E-state index is 12.8. The highest BCUT2D eigenvalue weighted by molar-refractivity contribution is 7.99. The molecule has 0 atom stereocenters. The number of fused-ring (bicyclic) bond motifs is 1. The van der Waals surface area contributed by atoms with Gasteiger partial charge in [0.15, 0.2) is 5.82 Å². The molecule has 4 rings (SSSR count). The van der Waals surface area contributed by atoms with E-state index in [1.54, 1.807) is 45.7 Å². The molecule has 0 aliphatic carbocycles. The standard InChI is InChI=1S/C20H20ClN5O2S/c21-16-6-8-17(9-7-16)28-14-18-23-24-20-26(18)25(12-13-29-20)19(27)22-11-10-15-4-2-1-3-5-15/h1-9H,10-14H2,(H,22,27). The van der Waals surface area contributed by atoms with Crippen molar-refractivity contribution in [1.82, 2.24) is 20.2 Å². The number of hydrogen-bond donors (Lipinski definition) is 1. The van der Waals surface area contributed by atoms with E-state index in [4.69, 9.17) is 16.3 Å². The zero-order valence-corrected chi connectivity index (χ0v) is 17.2. The predicted octanol–water partition coefficient (Wildman–Crippen LogP) is 3.51. The molecule has 0 bridgehead atoms. The summed E-state index contributed by atoms with van der Waals surface area (Å²) < 4.78 is 7.53. The number of halogens is 1. The van der Waals surface area contributed by atoms with Gasteiger partial charge in [-0.15, -0.1) is 10.2 Å². The number of aromatic nitrogens is 3. The molecule has 9 heteroatoms. The average molecular weight is 430 g/mol. The Balaban J connectivity index is 1.40. The molecule has 2 amide bonds. The second kappa shape index (κ2) is 9.19. The molecule has 0 fully saturated rings. The SMILES string of the molecule is O=C(NCCc1ccccc1)N1CCSc2nnc(COc3ccc(Cl)cc3)n21. The normalized spacial score (nSPS) is 13.1. The number of carbonyl (C=O) groups excluding carboxylic acids is 1. The lowest BCUT2D eigenvalue weighted by molar-refractivity contribution is 0.237. The summed E-state index contributed by atoms with van der Waals surface area (Å²) in [4.78, 5) is 12.8. The van der Waals surface area contributed by atoms with Crippen molar-refractivity contribution in [2.75, 3.05) is 23.9 Å². The van der Waals surface area contributed by atoms with Crippen molar-refractivity contribution in [3.63, 3.8) is 0 Å². The monoisotopic (exact) mass is 429 g/mol. The van der Waals surface area contributed by atoms with Gasteiger partial charge in [-0.3, -0.25) is 0 Å². The highest BCUT2D eigenvalue weighted by Gasteiger charge is 2.27. The van der Waals surface area contributed by atoms with Gasteiger partial charge in [0, 0.05) is 17.3 Å². The van der Waals surface area contributed by atoms with E-state index in [1.165, 1.54) is 5.56 Å². The topological polar surface area (TPSA) is 72.3 Å². The third-order valence-corrected chi connectivity index (χ3v) is 5.55. The second-order valence-corrected chi connectivity index (χ2v) is 7.89. The summed E-state index contributed by atoms with van der Waals surface area (Å²) in [6, 6.07) is 17.0. The molecule has 150 valence electrons. The van der Waals surface area contributed by atoms with Gasteiger partial charge in [0.05, 0.1) is 6.54 Å². The smallest absolute Gasteiger partial charge is 0.336 e. The van der Waals surface area contributed by atoms with Crippen molar-refractivity contribution in [1.29, 1.82) is 0 Å². The van der Waals surface area contributed by atoms with Crippen molar-refractivity contribution >= 4 is 29.4 Å². The molecular formula is C20H20ClN5O2S. The highest BCUT2D eigenvalue weighted by Crippen LogP contribution is 2.23. The number of urea groups is 1. The van der Waals surface area contributed by atoms with Crippen molar-refractivity contribution < 1.29 is 9.53 Å². The molecule has 2 heterocycles. The summed E-state index contributed by atoms with van der Waals surface area (Å²) >= 11 is 7.47. The van der Waals surface area contributed by atoms with Crippen LogP contribution in [0.2, 0.25) is 5.02 Å². The van der Waals surface area contributed by atoms with Gasteiger partial charge in [-0.25, -0.2) is 14.5 Å². The third kappa shape index (κ3) is 4.83. The minimum Gasteiger partial charge on any atom is -0.486 e. The number of benzene rings is 2. The van der Waals surface area contributed by atoms with Crippen LogP contribution in [-0.2, 0) is 13.0 Å². The van der Waals surface area contributed by atoms with Crippen LogP contribution in [0.15, 0.2) is 59.8 Å². The molecule has 3 aromatic rings. The van der Waals surface area contributed by atoms with Crippen molar-refractivity contribution in [2.45, 2.75) is 18.2 Å². The summed E-state index contributed by atoms with van der Waals surface area (Å²) in [7, 11) is 0. The fourth-order valence-electron chi connectivity index (χ4n) is 2.96. The second-order valence-electron chi connectivity index (χ2n) is 6.39. The van der Waals surface area contributed by atoms with Crippen LogP contribution in [0.1, 0.15) is 11.4 Å². The minimum absolute atomic E-state index is 0.171. The van der Waals surface area contributed by atoms with Crippen LogP contribution >= 0.6 is 23.4 Å². The Kier molecular flexibility index (Phi) is 6.21. The first kappa shape index (κ1) is 19.6. The van der Waals surface area contributed by atoms with Gasteiger partial charge in [0.25, 0.3) is 0 Å². The maximum Gasteiger partial charge on any atom is 0.336 e. The number of carbonyl (C=O) groups is 1. The van der Waals surface area contributed by atoms with E-state index >= 15 is 0 Å². The van der Waals surface area contributed by atoms with Crippen LogP contribution in [0.4, 0.5) is 4.79 Å². The molecule has 7 nitrogen and oxygen atoms in total. The summed E-state index contributed by atoms with van der Waals surface area (Å²) in [5, 5.41) is 14.4. The highest BCUT2D eigenvalue weighted by atomic mass is 35.5. The van der Waals surface area contributed by atoms with E-state index < -0.39 is 0 Å². The number of hydrogen-bond acceptors (Lipinski definition) is 5. The number of ether oxygens (including phenoxy) is 1. The number of thioether (sulfide) groups is 1. The molecule has 2 aromatic carbocycles. The quantitative estimate of drug-likeness (QED) is 0.649. The largest absolute Gasteiger partial charge is 0.486 e. The summed E-state index contributed by atoms with van der Waals surface area (Å²) in [5.41, 5.74) is 1.18. The third-order valence-electron chi connectivity index (χ3n) is 4.40. The van der Waals surface area contributed by atoms with E-state index in [9.17, 15) is 4.79 Å². The molecule has 0 radical (unpaired) electrons. The number of nitrogens with zero attached hydrogens (tertiary/aromatic N) is 4. The zero-order valence-electron chi connectivity index (χ0n) is 15.6. The van der Waals surface area contributed by atoms with Crippen LogP contribution in [0, 0.1) is 0 Å². The lowest BCUT2D eigenvalue weighted by Gasteiger charge is -2.29. The molecule has 1 aromatic heterocycles. The van der Waals surface area contributed by atoms with Crippen LogP contribution in [0.3, 0.4) is 0 Å². The van der Waals surface area contributed by atoms with Crippen molar-refractivity contribution in [3.05, 3.63) is 71.0 Å². The van der Waals surface area contributed by atoms with E-state index in [1.807, 2.05) is 30.3 Å². The van der Waals surface area contributed by atoms with E-state index in [0.717, 1.165) is 12.2 Å². The van der Waals surface area contributed by atoms with Gasteiger partial charge in [-0.05, 0) is 36.2 Å². The van der Waals surface area contributed by atoms with Crippen molar-refractivity contribution in [2.24, 2.45) is 0 Å². The lowest BCUT2D eigenvalue weighted by Crippen LogP contribution is -2.51. The van der Waals surface area contributed by atoms with Gasteiger partial charge in [-0.1, -0.05) is 53.7 Å². The molecule has 29 heavy (non-hydrogen) atoms. The first-order chi connectivity index (χ1) is 14.2. The van der Waals surface area contributed by atoms with Crippen LogP contribution in [0.5, 0.6) is 5.75 Å². The molecule has 0 spiro atoms. The Hall–Kier alpha value is -2.71. The molecular weight excluding hydrogens is 410 g/mol. The van der Waals surface area contributed by atoms with Crippen LogP contribution < -0.4 is 15.1 Å². The van der Waals surface area contributed by atoms with E-state index in [-0.39, 0.29) is 12.6 Å². The molecule has 0 saturated carbocycles. The molecule has 1 aliphatic rings.